The molecule has 0 saturated heterocycles. The van der Waals surface area contributed by atoms with Crippen LogP contribution in [0.25, 0.3) is 0 Å². The quantitative estimate of drug-likeness (QED) is 0.533. The highest BCUT2D eigenvalue weighted by molar-refractivity contribution is 14.1. The van der Waals surface area contributed by atoms with E-state index in [9.17, 15) is 0 Å². The fraction of sp³-hybridized carbons (Fsp3) is 0.500. The van der Waals surface area contributed by atoms with E-state index in [1.807, 2.05) is 13.1 Å². The lowest BCUT2D eigenvalue weighted by atomic mass is 10.3. The van der Waals surface area contributed by atoms with Crippen LogP contribution in [0.3, 0.4) is 0 Å². The van der Waals surface area contributed by atoms with Gasteiger partial charge in [0.15, 0.2) is 0 Å². The van der Waals surface area contributed by atoms with Gasteiger partial charge in [-0.2, -0.15) is 0 Å². The van der Waals surface area contributed by atoms with E-state index in [0.717, 1.165) is 18.2 Å². The zero-order valence-electron chi connectivity index (χ0n) is 7.08. The maximum absolute atomic E-state index is 4.40. The highest BCUT2D eigenvalue weighted by atomic mass is 127. The van der Waals surface area contributed by atoms with E-state index >= 15 is 0 Å². The number of rotatable bonds is 0. The van der Waals surface area contributed by atoms with Gasteiger partial charge in [-0.1, -0.05) is 22.6 Å². The molecule has 2 rings (SSSR count). The van der Waals surface area contributed by atoms with Gasteiger partial charge in [-0.05, 0) is 6.92 Å². The van der Waals surface area contributed by atoms with Crippen LogP contribution in [0.5, 0.6) is 0 Å². The maximum atomic E-state index is 4.40. The van der Waals surface area contributed by atoms with E-state index in [1.54, 1.807) is 0 Å². The van der Waals surface area contributed by atoms with Crippen LogP contribution in [-0.2, 0) is 0 Å². The van der Waals surface area contributed by atoms with Gasteiger partial charge in [-0.25, -0.2) is 9.97 Å². The van der Waals surface area contributed by atoms with Gasteiger partial charge >= 0.3 is 0 Å². The number of hydrogen-bond acceptors (Lipinski definition) is 3. The van der Waals surface area contributed by atoms with Gasteiger partial charge in [-0.3, -0.25) is 0 Å². The molecule has 1 atom stereocenters. The van der Waals surface area contributed by atoms with E-state index in [1.165, 1.54) is 5.56 Å². The first kappa shape index (κ1) is 8.22. The molecular weight excluding hydrogens is 265 g/mol. The van der Waals surface area contributed by atoms with Crippen LogP contribution in [0, 0.1) is 6.92 Å². The number of likely N-dealkylation sites (N-methyl/N-ethyl adjacent to an activating group) is 1. The number of alkyl halides is 1. The van der Waals surface area contributed by atoms with Crippen molar-refractivity contribution in [3.8, 4) is 0 Å². The van der Waals surface area contributed by atoms with Crippen LogP contribution in [0.4, 0.5) is 5.82 Å². The number of nitrogens with zero attached hydrogens (tertiary/aromatic N) is 3. The molecule has 1 aliphatic heterocycles. The monoisotopic (exact) mass is 275 g/mol. The Kier molecular flexibility index (Phi) is 1.94. The van der Waals surface area contributed by atoms with Gasteiger partial charge in [0.2, 0.25) is 0 Å². The van der Waals surface area contributed by atoms with Crippen LogP contribution < -0.4 is 4.90 Å². The molecule has 12 heavy (non-hydrogen) atoms. The zero-order chi connectivity index (χ0) is 8.72. The van der Waals surface area contributed by atoms with Gasteiger partial charge in [0.05, 0.1) is 3.92 Å². The Labute approximate surface area is 85.3 Å². The highest BCUT2D eigenvalue weighted by Gasteiger charge is 2.25. The molecule has 0 N–H and O–H groups in total. The van der Waals surface area contributed by atoms with E-state index in [4.69, 9.17) is 0 Å². The molecule has 2 heterocycles. The lowest BCUT2D eigenvalue weighted by molar-refractivity contribution is 0.944. The van der Waals surface area contributed by atoms with Crippen molar-refractivity contribution in [2.24, 2.45) is 0 Å². The SMILES string of the molecule is Cc1ncc2c(n1)N(C)CC2I. The number of halogens is 1. The Balaban J connectivity index is 2.53. The maximum Gasteiger partial charge on any atom is 0.136 e. The summed E-state index contributed by atoms with van der Waals surface area (Å²) in [6.45, 7) is 2.97. The van der Waals surface area contributed by atoms with E-state index in [-0.39, 0.29) is 0 Å². The molecule has 0 amide bonds. The summed E-state index contributed by atoms with van der Waals surface area (Å²) in [6, 6.07) is 0. The summed E-state index contributed by atoms with van der Waals surface area (Å²) >= 11 is 2.43. The van der Waals surface area contributed by atoms with Crippen LogP contribution in [0.1, 0.15) is 15.3 Å². The average molecular weight is 275 g/mol. The van der Waals surface area contributed by atoms with Gasteiger partial charge in [-0.15, -0.1) is 0 Å². The van der Waals surface area contributed by atoms with Crippen LogP contribution in [0.2, 0.25) is 0 Å². The lowest BCUT2D eigenvalue weighted by Gasteiger charge is -2.09. The van der Waals surface area contributed by atoms with Gasteiger partial charge in [0, 0.05) is 25.4 Å². The minimum Gasteiger partial charge on any atom is -0.358 e. The predicted octanol–water partition coefficient (Wildman–Crippen LogP) is 1.71. The van der Waals surface area contributed by atoms with Crippen molar-refractivity contribution in [2.75, 3.05) is 18.5 Å². The molecule has 1 aromatic heterocycles. The van der Waals surface area contributed by atoms with Crippen molar-refractivity contribution in [3.05, 3.63) is 17.6 Å². The molecule has 3 nitrogen and oxygen atoms in total. The molecule has 4 heteroatoms. The second-order valence-electron chi connectivity index (χ2n) is 3.04. The van der Waals surface area contributed by atoms with E-state index in [2.05, 4.69) is 44.5 Å². The summed E-state index contributed by atoms with van der Waals surface area (Å²) < 4.78 is 0.545. The first-order valence-electron chi connectivity index (χ1n) is 3.87. The number of hydrogen-bond donors (Lipinski definition) is 0. The topological polar surface area (TPSA) is 29.0 Å². The summed E-state index contributed by atoms with van der Waals surface area (Å²) in [6.07, 6.45) is 1.94. The fourth-order valence-electron chi connectivity index (χ4n) is 1.42. The molecule has 64 valence electrons. The van der Waals surface area contributed by atoms with E-state index < -0.39 is 0 Å². The Morgan fingerprint density at radius 2 is 2.42 bits per heavy atom. The lowest BCUT2D eigenvalue weighted by Crippen LogP contribution is -2.14. The second-order valence-corrected chi connectivity index (χ2v) is 4.55. The van der Waals surface area contributed by atoms with E-state index in [0.29, 0.717) is 3.92 Å². The third-order valence-electron chi connectivity index (χ3n) is 2.05. The van der Waals surface area contributed by atoms with Gasteiger partial charge < -0.3 is 4.90 Å². The van der Waals surface area contributed by atoms with Gasteiger partial charge in [0.25, 0.3) is 0 Å². The molecular formula is C8H10IN3. The smallest absolute Gasteiger partial charge is 0.136 e. The molecule has 1 aliphatic rings. The second kappa shape index (κ2) is 2.83. The van der Waals surface area contributed by atoms with Crippen molar-refractivity contribution in [3.63, 3.8) is 0 Å². The predicted molar refractivity (Wildman–Crippen MR) is 56.8 cm³/mol. The minimum atomic E-state index is 0.545. The number of fused-ring (bicyclic) bond motifs is 1. The molecule has 1 unspecified atom stereocenters. The Morgan fingerprint density at radius 1 is 1.67 bits per heavy atom. The zero-order valence-corrected chi connectivity index (χ0v) is 9.24. The summed E-state index contributed by atoms with van der Waals surface area (Å²) in [4.78, 5) is 10.8. The van der Waals surface area contributed by atoms with Crippen molar-refractivity contribution >= 4 is 28.4 Å². The highest BCUT2D eigenvalue weighted by Crippen LogP contribution is 2.36. The van der Waals surface area contributed by atoms with Gasteiger partial charge in [0.1, 0.15) is 11.6 Å². The average Bonchev–Trinajstić information content (AvgIpc) is 2.28. The van der Waals surface area contributed by atoms with Crippen LogP contribution in [0.15, 0.2) is 6.20 Å². The molecule has 0 aliphatic carbocycles. The largest absolute Gasteiger partial charge is 0.358 e. The third kappa shape index (κ3) is 1.18. The van der Waals surface area contributed by atoms with Crippen molar-refractivity contribution in [1.29, 1.82) is 0 Å². The Morgan fingerprint density at radius 3 is 3.17 bits per heavy atom. The van der Waals surface area contributed by atoms with Crippen molar-refractivity contribution in [2.45, 2.75) is 10.8 Å². The standard InChI is InChI=1S/C8H10IN3/c1-5-10-3-6-7(9)4-12(2)8(6)11-5/h3,7H,4H2,1-2H3. The first-order valence-corrected chi connectivity index (χ1v) is 5.12. The summed E-state index contributed by atoms with van der Waals surface area (Å²) in [5.41, 5.74) is 1.27. The molecule has 0 saturated carbocycles. The minimum absolute atomic E-state index is 0.545. The fourth-order valence-corrected chi connectivity index (χ4v) is 2.45. The third-order valence-corrected chi connectivity index (χ3v) is 3.11. The number of aromatic nitrogens is 2. The molecule has 0 bridgehead atoms. The molecule has 0 spiro atoms. The Hall–Kier alpha value is -0.390. The summed E-state index contributed by atoms with van der Waals surface area (Å²) in [5.74, 6) is 1.95. The number of anilines is 1. The molecule has 0 radical (unpaired) electrons. The van der Waals surface area contributed by atoms with Crippen LogP contribution in [-0.4, -0.2) is 23.6 Å². The molecule has 0 aromatic carbocycles. The molecule has 1 aromatic rings. The number of aryl methyl sites for hydroxylation is 1. The van der Waals surface area contributed by atoms with Crippen LogP contribution >= 0.6 is 22.6 Å². The summed E-state index contributed by atoms with van der Waals surface area (Å²) in [5, 5.41) is 0. The van der Waals surface area contributed by atoms with Crippen molar-refractivity contribution in [1.82, 2.24) is 9.97 Å². The first-order chi connectivity index (χ1) is 5.68. The normalized spacial score (nSPS) is 21.2. The van der Waals surface area contributed by atoms with Crippen molar-refractivity contribution < 1.29 is 0 Å². The Bertz CT molecular complexity index is 313. The molecule has 0 fully saturated rings. The summed E-state index contributed by atoms with van der Waals surface area (Å²) in [7, 11) is 2.07.